The molecule has 11 heteroatoms. The Morgan fingerprint density at radius 2 is 1.14 bits per heavy atom. The summed E-state index contributed by atoms with van der Waals surface area (Å²) in [4.78, 5) is 50.3. The van der Waals surface area contributed by atoms with Crippen molar-refractivity contribution in [2.24, 2.45) is 17.2 Å². The van der Waals surface area contributed by atoms with Gasteiger partial charge in [0.05, 0.1) is 0 Å². The molecule has 0 aliphatic heterocycles. The molecule has 0 radical (unpaired) electrons. The van der Waals surface area contributed by atoms with E-state index in [1.807, 2.05) is 6.92 Å². The molecule has 35 heavy (non-hydrogen) atoms. The third-order valence-corrected chi connectivity index (χ3v) is 5.29. The van der Waals surface area contributed by atoms with Gasteiger partial charge in [-0.15, -0.1) is 0 Å². The lowest BCUT2D eigenvalue weighted by atomic mass is 10.0. The average Bonchev–Trinajstić information content (AvgIpc) is 2.75. The van der Waals surface area contributed by atoms with Gasteiger partial charge in [-0.1, -0.05) is 26.2 Å². The third-order valence-electron chi connectivity index (χ3n) is 5.29. The minimum Gasteiger partial charge on any atom is -0.444 e. The van der Waals surface area contributed by atoms with Crippen molar-refractivity contribution in [1.82, 2.24) is 16.0 Å². The van der Waals surface area contributed by atoms with Crippen LogP contribution < -0.4 is 33.2 Å². The molecule has 4 amide bonds. The summed E-state index contributed by atoms with van der Waals surface area (Å²) in [6.07, 6.45) is 5.56. The first kappa shape index (κ1) is 32.6. The van der Waals surface area contributed by atoms with Gasteiger partial charge in [-0.25, -0.2) is 4.79 Å². The zero-order valence-corrected chi connectivity index (χ0v) is 22.0. The van der Waals surface area contributed by atoms with Gasteiger partial charge >= 0.3 is 6.09 Å². The molecule has 0 rings (SSSR count). The van der Waals surface area contributed by atoms with Crippen LogP contribution in [0.2, 0.25) is 0 Å². The molecule has 0 aromatic heterocycles. The molecule has 0 heterocycles. The Morgan fingerprint density at radius 1 is 0.714 bits per heavy atom. The highest BCUT2D eigenvalue weighted by atomic mass is 16.6. The van der Waals surface area contributed by atoms with Crippen molar-refractivity contribution in [3.05, 3.63) is 0 Å². The minimum atomic E-state index is -0.894. The van der Waals surface area contributed by atoms with E-state index < -0.39 is 47.5 Å². The Hall–Kier alpha value is -2.40. The summed E-state index contributed by atoms with van der Waals surface area (Å²) in [6.45, 7) is 8.16. The van der Waals surface area contributed by atoms with E-state index in [4.69, 9.17) is 21.9 Å². The Morgan fingerprint density at radius 3 is 1.57 bits per heavy atom. The standard InChI is InChI=1S/C24H48N6O5/c1-5-6-7-13-18(21(32)28-17(20(27)31)12-8-10-15-25)29-22(33)19(14-9-11-16-26)30-23(34)35-24(2,3)4/h17-19H,5-16,25-26H2,1-4H3,(H2,27,31)(H,28,32)(H,29,33)(H,30,34)/t17-,18-,19-/m0/s1. The molecule has 9 N–H and O–H groups in total. The predicted molar refractivity (Wildman–Crippen MR) is 136 cm³/mol. The Balaban J connectivity index is 5.44. The van der Waals surface area contributed by atoms with Crippen LogP contribution in [0.3, 0.4) is 0 Å². The number of nitrogens with two attached hydrogens (primary N) is 3. The summed E-state index contributed by atoms with van der Waals surface area (Å²) in [5, 5.41) is 8.04. The van der Waals surface area contributed by atoms with Crippen molar-refractivity contribution in [2.75, 3.05) is 13.1 Å². The highest BCUT2D eigenvalue weighted by molar-refractivity contribution is 5.93. The number of carbonyl (C=O) groups excluding carboxylic acids is 4. The maximum absolute atomic E-state index is 13.1. The van der Waals surface area contributed by atoms with E-state index in [-0.39, 0.29) is 0 Å². The number of amides is 4. The highest BCUT2D eigenvalue weighted by Crippen LogP contribution is 2.10. The van der Waals surface area contributed by atoms with Crippen molar-refractivity contribution in [3.63, 3.8) is 0 Å². The fourth-order valence-corrected chi connectivity index (χ4v) is 3.40. The number of hydrogen-bond donors (Lipinski definition) is 6. The van der Waals surface area contributed by atoms with Crippen LogP contribution in [0.5, 0.6) is 0 Å². The molecule has 0 aromatic carbocycles. The second kappa shape index (κ2) is 18.0. The van der Waals surface area contributed by atoms with E-state index in [1.54, 1.807) is 20.8 Å². The quantitative estimate of drug-likeness (QED) is 0.152. The number of nitrogens with one attached hydrogen (secondary N) is 3. The second-order valence-corrected chi connectivity index (χ2v) is 9.79. The maximum atomic E-state index is 13.1. The number of unbranched alkanes of at least 4 members (excludes halogenated alkanes) is 4. The van der Waals surface area contributed by atoms with Crippen LogP contribution >= 0.6 is 0 Å². The van der Waals surface area contributed by atoms with Gasteiger partial charge in [0.1, 0.15) is 23.7 Å². The summed E-state index contributed by atoms with van der Waals surface area (Å²) < 4.78 is 5.29. The smallest absolute Gasteiger partial charge is 0.408 e. The lowest BCUT2D eigenvalue weighted by Gasteiger charge is -2.26. The predicted octanol–water partition coefficient (Wildman–Crippen LogP) is 1.17. The van der Waals surface area contributed by atoms with Crippen LogP contribution in [0.15, 0.2) is 0 Å². The molecular weight excluding hydrogens is 452 g/mol. The lowest BCUT2D eigenvalue weighted by Crippen LogP contribution is -2.56. The zero-order chi connectivity index (χ0) is 26.9. The van der Waals surface area contributed by atoms with E-state index >= 15 is 0 Å². The van der Waals surface area contributed by atoms with Gasteiger partial charge < -0.3 is 37.9 Å². The average molecular weight is 501 g/mol. The van der Waals surface area contributed by atoms with Gasteiger partial charge in [-0.05, 0) is 78.8 Å². The first-order valence-corrected chi connectivity index (χ1v) is 12.7. The lowest BCUT2D eigenvalue weighted by molar-refractivity contribution is -0.132. The van der Waals surface area contributed by atoms with Gasteiger partial charge in [0, 0.05) is 0 Å². The van der Waals surface area contributed by atoms with Gasteiger partial charge in [-0.2, -0.15) is 0 Å². The molecule has 3 atom stereocenters. The molecule has 11 nitrogen and oxygen atoms in total. The topological polar surface area (TPSA) is 192 Å². The molecule has 0 bridgehead atoms. The number of carbonyl (C=O) groups is 4. The largest absolute Gasteiger partial charge is 0.444 e. The minimum absolute atomic E-state index is 0.342. The Bertz CT molecular complexity index is 653. The normalized spacial score (nSPS) is 13.9. The van der Waals surface area contributed by atoms with Crippen LogP contribution in [0.4, 0.5) is 4.79 Å². The molecule has 0 unspecified atom stereocenters. The fraction of sp³-hybridized carbons (Fsp3) is 0.833. The van der Waals surface area contributed by atoms with E-state index in [1.165, 1.54) is 0 Å². The van der Waals surface area contributed by atoms with Gasteiger partial charge in [0.25, 0.3) is 0 Å². The number of hydrogen-bond acceptors (Lipinski definition) is 7. The van der Waals surface area contributed by atoms with Crippen LogP contribution in [0, 0.1) is 0 Å². The maximum Gasteiger partial charge on any atom is 0.408 e. The van der Waals surface area contributed by atoms with Gasteiger partial charge in [-0.3, -0.25) is 14.4 Å². The highest BCUT2D eigenvalue weighted by Gasteiger charge is 2.29. The Kier molecular flexibility index (Phi) is 16.7. The number of primary amides is 1. The van der Waals surface area contributed by atoms with Crippen LogP contribution in [-0.4, -0.2) is 60.6 Å². The molecule has 0 aliphatic carbocycles. The zero-order valence-electron chi connectivity index (χ0n) is 22.0. The molecule has 0 aromatic rings. The van der Waals surface area contributed by atoms with Crippen LogP contribution in [-0.2, 0) is 19.1 Å². The SMILES string of the molecule is CCCCC[C@H](NC(=O)[C@H](CCCCN)NC(=O)OC(C)(C)C)C(=O)N[C@@H](CCCCN)C(N)=O. The van der Waals surface area contributed by atoms with Crippen LogP contribution in [0.25, 0.3) is 0 Å². The van der Waals surface area contributed by atoms with E-state index in [2.05, 4.69) is 16.0 Å². The molecule has 0 saturated heterocycles. The first-order chi connectivity index (χ1) is 16.4. The molecule has 0 spiro atoms. The Labute approximate surface area is 210 Å². The van der Waals surface area contributed by atoms with E-state index in [0.717, 1.165) is 12.8 Å². The number of rotatable bonds is 18. The van der Waals surface area contributed by atoms with E-state index in [0.29, 0.717) is 64.5 Å². The van der Waals surface area contributed by atoms with Gasteiger partial charge in [0.2, 0.25) is 17.7 Å². The van der Waals surface area contributed by atoms with E-state index in [9.17, 15) is 19.2 Å². The molecule has 0 aliphatic rings. The molecular formula is C24H48N6O5. The second-order valence-electron chi connectivity index (χ2n) is 9.79. The summed E-state index contributed by atoms with van der Waals surface area (Å²) in [5.41, 5.74) is 15.8. The van der Waals surface area contributed by atoms with Crippen LogP contribution in [0.1, 0.15) is 91.9 Å². The third kappa shape index (κ3) is 16.0. The molecule has 0 fully saturated rings. The van der Waals surface area contributed by atoms with Gasteiger partial charge in [0.15, 0.2) is 0 Å². The summed E-state index contributed by atoms with van der Waals surface area (Å²) in [5.74, 6) is -1.62. The van der Waals surface area contributed by atoms with Crippen molar-refractivity contribution in [2.45, 2.75) is 116 Å². The van der Waals surface area contributed by atoms with Crippen molar-refractivity contribution in [1.29, 1.82) is 0 Å². The number of ether oxygens (including phenoxy) is 1. The van der Waals surface area contributed by atoms with Crippen molar-refractivity contribution in [3.8, 4) is 0 Å². The van der Waals surface area contributed by atoms with Crippen molar-refractivity contribution < 1.29 is 23.9 Å². The summed E-state index contributed by atoms with van der Waals surface area (Å²) in [6, 6.07) is -2.61. The fourth-order valence-electron chi connectivity index (χ4n) is 3.40. The summed E-state index contributed by atoms with van der Waals surface area (Å²) >= 11 is 0. The number of alkyl carbamates (subject to hydrolysis) is 1. The summed E-state index contributed by atoms with van der Waals surface area (Å²) in [7, 11) is 0. The molecule has 204 valence electrons. The molecule has 0 saturated carbocycles. The monoisotopic (exact) mass is 500 g/mol. The van der Waals surface area contributed by atoms with Crippen molar-refractivity contribution >= 4 is 23.8 Å². The first-order valence-electron chi connectivity index (χ1n) is 12.7.